The zero-order chi connectivity index (χ0) is 30.7. The Labute approximate surface area is 267 Å². The second kappa shape index (κ2) is 12.1. The number of allylic oxidation sites excluding steroid dienone is 1. The third-order valence-electron chi connectivity index (χ3n) is 8.29. The number of aromatic nitrogens is 3. The molecule has 1 aromatic heterocycles. The van der Waals surface area contributed by atoms with Crippen molar-refractivity contribution in [1.29, 1.82) is 0 Å². The first-order valence-electron chi connectivity index (χ1n) is 15.3. The predicted molar refractivity (Wildman–Crippen MR) is 188 cm³/mol. The summed E-state index contributed by atoms with van der Waals surface area (Å²) >= 11 is 0. The van der Waals surface area contributed by atoms with Crippen molar-refractivity contribution in [2.75, 3.05) is 0 Å². The third kappa shape index (κ3) is 5.35. The molecule has 0 amide bonds. The average Bonchev–Trinajstić information content (AvgIpc) is 3.15. The topological polar surface area (TPSA) is 63.1 Å². The van der Waals surface area contributed by atoms with Gasteiger partial charge in [-0.3, -0.25) is 4.99 Å². The van der Waals surface area contributed by atoms with E-state index in [1.807, 2.05) is 79.2 Å². The standard InChI is InChI=1S/C41H29N5/c1-3-10-30(11-4-1)39-44-40(31-12-5-2-6-13-31)46-41(45-39)33-22-18-29(19-23-33)35-25-24-34(36-14-7-8-15-37(35)36)28-16-20-32(21-17-28)38-42-26-9-27-43-38/h1-27,38,42H. The Morgan fingerprint density at radius 1 is 0.413 bits per heavy atom. The zero-order valence-corrected chi connectivity index (χ0v) is 25.0. The molecule has 0 radical (unpaired) electrons. The van der Waals surface area contributed by atoms with Gasteiger partial charge >= 0.3 is 0 Å². The second-order valence-corrected chi connectivity index (χ2v) is 11.2. The number of aliphatic imine (C=N–C) groups is 1. The van der Waals surface area contributed by atoms with Crippen molar-refractivity contribution < 1.29 is 0 Å². The lowest BCUT2D eigenvalue weighted by molar-refractivity contribution is 0.653. The van der Waals surface area contributed by atoms with Gasteiger partial charge in [0.25, 0.3) is 0 Å². The van der Waals surface area contributed by atoms with Crippen LogP contribution in [0.25, 0.3) is 67.2 Å². The Hall–Kier alpha value is -6.20. The molecule has 5 nitrogen and oxygen atoms in total. The number of rotatable bonds is 6. The molecule has 0 saturated heterocycles. The largest absolute Gasteiger partial charge is 0.366 e. The molecule has 0 aliphatic carbocycles. The summed E-state index contributed by atoms with van der Waals surface area (Å²) in [4.78, 5) is 19.1. The van der Waals surface area contributed by atoms with Crippen LogP contribution in [0.3, 0.4) is 0 Å². The van der Waals surface area contributed by atoms with Gasteiger partial charge in [-0.25, -0.2) is 15.0 Å². The molecule has 1 atom stereocenters. The Bertz CT molecular complexity index is 2150. The summed E-state index contributed by atoms with van der Waals surface area (Å²) in [5.41, 5.74) is 8.68. The van der Waals surface area contributed by atoms with E-state index in [2.05, 4.69) is 95.2 Å². The van der Waals surface area contributed by atoms with Crippen molar-refractivity contribution in [3.8, 4) is 56.4 Å². The first kappa shape index (κ1) is 27.4. The van der Waals surface area contributed by atoms with E-state index in [9.17, 15) is 0 Å². The quantitative estimate of drug-likeness (QED) is 0.209. The van der Waals surface area contributed by atoms with Crippen LogP contribution in [0.4, 0.5) is 0 Å². The molecule has 0 fully saturated rings. The van der Waals surface area contributed by atoms with Crippen molar-refractivity contribution in [3.63, 3.8) is 0 Å². The molecule has 218 valence electrons. The van der Waals surface area contributed by atoms with Crippen LogP contribution in [0.15, 0.2) is 163 Å². The second-order valence-electron chi connectivity index (χ2n) is 11.2. The summed E-state index contributed by atoms with van der Waals surface area (Å²) in [6.07, 6.45) is 5.62. The highest BCUT2D eigenvalue weighted by molar-refractivity contribution is 6.05. The van der Waals surface area contributed by atoms with E-state index in [4.69, 9.17) is 15.0 Å². The van der Waals surface area contributed by atoms with Gasteiger partial charge in [-0.15, -0.1) is 0 Å². The van der Waals surface area contributed by atoms with Crippen LogP contribution in [-0.2, 0) is 0 Å². The fraction of sp³-hybridized carbons (Fsp3) is 0.0244. The van der Waals surface area contributed by atoms with Gasteiger partial charge in [0.05, 0.1) is 0 Å². The van der Waals surface area contributed by atoms with Crippen molar-refractivity contribution in [3.05, 3.63) is 163 Å². The van der Waals surface area contributed by atoms with Crippen molar-refractivity contribution >= 4 is 17.0 Å². The molecule has 2 heterocycles. The molecule has 1 aliphatic heterocycles. The van der Waals surface area contributed by atoms with Gasteiger partial charge in [0.1, 0.15) is 6.17 Å². The van der Waals surface area contributed by atoms with Crippen LogP contribution in [0.5, 0.6) is 0 Å². The summed E-state index contributed by atoms with van der Waals surface area (Å²) in [5, 5.41) is 5.72. The SMILES string of the molecule is C1=CNC(c2ccc(-c3ccc(-c4ccc(-c5nc(-c6ccccc6)nc(-c6ccccc6)n5)cc4)c4ccccc34)cc2)N=C1. The molecule has 1 unspecified atom stereocenters. The van der Waals surface area contributed by atoms with Crippen molar-refractivity contribution in [2.24, 2.45) is 4.99 Å². The van der Waals surface area contributed by atoms with Crippen LogP contribution in [0, 0.1) is 0 Å². The molecule has 7 aromatic rings. The van der Waals surface area contributed by atoms with Crippen LogP contribution < -0.4 is 5.32 Å². The van der Waals surface area contributed by atoms with E-state index >= 15 is 0 Å². The van der Waals surface area contributed by atoms with Crippen LogP contribution >= 0.6 is 0 Å². The van der Waals surface area contributed by atoms with Gasteiger partial charge in [-0.1, -0.05) is 146 Å². The van der Waals surface area contributed by atoms with E-state index in [1.54, 1.807) is 0 Å². The third-order valence-corrected chi connectivity index (χ3v) is 8.29. The smallest absolute Gasteiger partial charge is 0.164 e. The highest BCUT2D eigenvalue weighted by Gasteiger charge is 2.14. The van der Waals surface area contributed by atoms with Gasteiger partial charge in [-0.2, -0.15) is 0 Å². The van der Waals surface area contributed by atoms with Crippen LogP contribution in [-0.4, -0.2) is 21.2 Å². The summed E-state index contributed by atoms with van der Waals surface area (Å²) in [6, 6.07) is 50.4. The van der Waals surface area contributed by atoms with Crippen molar-refractivity contribution in [1.82, 2.24) is 20.3 Å². The number of benzene rings is 6. The first-order chi connectivity index (χ1) is 22.8. The minimum atomic E-state index is -0.0476. The minimum Gasteiger partial charge on any atom is -0.366 e. The summed E-state index contributed by atoms with van der Waals surface area (Å²) in [7, 11) is 0. The van der Waals surface area contributed by atoms with Gasteiger partial charge in [0, 0.05) is 22.9 Å². The maximum Gasteiger partial charge on any atom is 0.164 e. The Morgan fingerprint density at radius 2 is 0.848 bits per heavy atom. The normalized spacial score (nSPS) is 13.9. The molecule has 0 spiro atoms. The van der Waals surface area contributed by atoms with E-state index in [0.29, 0.717) is 17.5 Å². The van der Waals surface area contributed by atoms with E-state index in [0.717, 1.165) is 27.8 Å². The maximum atomic E-state index is 4.90. The summed E-state index contributed by atoms with van der Waals surface area (Å²) in [5.74, 6) is 1.96. The monoisotopic (exact) mass is 591 g/mol. The molecular weight excluding hydrogens is 562 g/mol. The number of nitrogens with zero attached hydrogens (tertiary/aromatic N) is 4. The first-order valence-corrected chi connectivity index (χ1v) is 15.3. The maximum absolute atomic E-state index is 4.90. The Balaban J connectivity index is 1.15. The lowest BCUT2D eigenvalue weighted by Crippen LogP contribution is -2.15. The highest BCUT2D eigenvalue weighted by atomic mass is 15.1. The number of hydrogen-bond acceptors (Lipinski definition) is 5. The fourth-order valence-electron chi connectivity index (χ4n) is 5.93. The van der Waals surface area contributed by atoms with E-state index < -0.39 is 0 Å². The Morgan fingerprint density at radius 3 is 1.33 bits per heavy atom. The van der Waals surface area contributed by atoms with Gasteiger partial charge in [0.2, 0.25) is 0 Å². The van der Waals surface area contributed by atoms with Crippen LogP contribution in [0.2, 0.25) is 0 Å². The molecule has 1 aliphatic rings. The molecule has 46 heavy (non-hydrogen) atoms. The molecule has 5 heteroatoms. The van der Waals surface area contributed by atoms with Crippen LogP contribution in [0.1, 0.15) is 11.7 Å². The number of hydrogen-bond donors (Lipinski definition) is 1. The molecule has 0 bridgehead atoms. The number of nitrogens with one attached hydrogen (secondary N) is 1. The summed E-state index contributed by atoms with van der Waals surface area (Å²) < 4.78 is 0. The average molecular weight is 592 g/mol. The minimum absolute atomic E-state index is 0.0476. The van der Waals surface area contributed by atoms with Gasteiger partial charge in [0.15, 0.2) is 17.5 Å². The highest BCUT2D eigenvalue weighted by Crippen LogP contribution is 2.37. The zero-order valence-electron chi connectivity index (χ0n) is 25.0. The molecule has 6 aromatic carbocycles. The van der Waals surface area contributed by atoms with Gasteiger partial charge in [-0.05, 0) is 50.9 Å². The molecule has 1 N–H and O–H groups in total. The molecule has 0 saturated carbocycles. The summed E-state index contributed by atoms with van der Waals surface area (Å²) in [6.45, 7) is 0. The van der Waals surface area contributed by atoms with Gasteiger partial charge < -0.3 is 5.32 Å². The van der Waals surface area contributed by atoms with E-state index in [-0.39, 0.29) is 6.17 Å². The lowest BCUT2D eigenvalue weighted by atomic mass is 9.91. The Kier molecular flexibility index (Phi) is 7.17. The molecule has 8 rings (SSSR count). The predicted octanol–water partition coefficient (Wildman–Crippen LogP) is 9.55. The van der Waals surface area contributed by atoms with E-state index in [1.165, 1.54) is 27.5 Å². The van der Waals surface area contributed by atoms with Crippen molar-refractivity contribution in [2.45, 2.75) is 6.17 Å². The lowest BCUT2D eigenvalue weighted by Gasteiger charge is -2.16. The molecular formula is C41H29N5. The number of fused-ring (bicyclic) bond motifs is 1. The fourth-order valence-corrected chi connectivity index (χ4v) is 5.93.